The van der Waals surface area contributed by atoms with Crippen molar-refractivity contribution in [2.45, 2.75) is 13.5 Å². The van der Waals surface area contributed by atoms with Crippen LogP contribution < -0.4 is 5.73 Å². The van der Waals surface area contributed by atoms with Gasteiger partial charge in [0.15, 0.2) is 3.95 Å². The molecule has 0 saturated heterocycles. The molecule has 0 aliphatic carbocycles. The number of hydrogen-bond donors (Lipinski definition) is 1. The SMILES string of the molecule is Cc1ccc(Cn2c(N)c(-c3ccccc3)sc2=S)cc1. The number of nitrogen functional groups attached to an aromatic ring is 1. The second-order valence-corrected chi connectivity index (χ2v) is 6.66. The Hall–Kier alpha value is -1.91. The minimum atomic E-state index is 0.717. The first-order chi connectivity index (χ1) is 10.1. The monoisotopic (exact) mass is 312 g/mol. The first kappa shape index (κ1) is 14.0. The van der Waals surface area contributed by atoms with Gasteiger partial charge < -0.3 is 10.3 Å². The van der Waals surface area contributed by atoms with Crippen molar-refractivity contribution in [1.29, 1.82) is 0 Å². The molecule has 106 valence electrons. The fourth-order valence-corrected chi connectivity index (χ4v) is 3.57. The molecule has 2 N–H and O–H groups in total. The topological polar surface area (TPSA) is 30.9 Å². The Morgan fingerprint density at radius 2 is 1.71 bits per heavy atom. The number of aryl methyl sites for hydroxylation is 1. The molecule has 4 heteroatoms. The van der Waals surface area contributed by atoms with Crippen molar-refractivity contribution in [3.63, 3.8) is 0 Å². The van der Waals surface area contributed by atoms with Gasteiger partial charge >= 0.3 is 0 Å². The maximum Gasteiger partial charge on any atom is 0.163 e. The number of nitrogens with zero attached hydrogens (tertiary/aromatic N) is 1. The Morgan fingerprint density at radius 1 is 1.05 bits per heavy atom. The van der Waals surface area contributed by atoms with Crippen molar-refractivity contribution in [3.8, 4) is 10.4 Å². The summed E-state index contributed by atoms with van der Waals surface area (Å²) in [7, 11) is 0. The van der Waals surface area contributed by atoms with Gasteiger partial charge in [-0.1, -0.05) is 60.2 Å². The van der Waals surface area contributed by atoms with Crippen LogP contribution >= 0.6 is 23.6 Å². The fourth-order valence-electron chi connectivity index (χ4n) is 2.24. The van der Waals surface area contributed by atoms with Crippen LogP contribution in [-0.2, 0) is 6.54 Å². The zero-order valence-electron chi connectivity index (χ0n) is 11.7. The van der Waals surface area contributed by atoms with Gasteiger partial charge in [-0.3, -0.25) is 0 Å². The number of benzene rings is 2. The Morgan fingerprint density at radius 3 is 2.38 bits per heavy atom. The van der Waals surface area contributed by atoms with Crippen LogP contribution in [0.4, 0.5) is 5.82 Å². The predicted molar refractivity (Wildman–Crippen MR) is 93.3 cm³/mol. The highest BCUT2D eigenvalue weighted by atomic mass is 32.1. The Labute approximate surface area is 133 Å². The molecule has 0 atom stereocenters. The maximum absolute atomic E-state index is 6.32. The molecule has 0 radical (unpaired) electrons. The summed E-state index contributed by atoms with van der Waals surface area (Å²) in [5.41, 5.74) is 9.90. The molecule has 2 nitrogen and oxygen atoms in total. The Balaban J connectivity index is 1.99. The summed E-state index contributed by atoms with van der Waals surface area (Å²) < 4.78 is 2.82. The lowest BCUT2D eigenvalue weighted by atomic mass is 10.1. The zero-order valence-corrected chi connectivity index (χ0v) is 13.4. The van der Waals surface area contributed by atoms with Crippen molar-refractivity contribution >= 4 is 29.4 Å². The standard InChI is InChI=1S/C17H16N2S2/c1-12-7-9-13(10-8-12)11-19-16(18)15(21-17(19)20)14-5-3-2-4-6-14/h2-10H,11,18H2,1H3. The summed E-state index contributed by atoms with van der Waals surface area (Å²) in [6.45, 7) is 2.80. The van der Waals surface area contributed by atoms with Crippen molar-refractivity contribution < 1.29 is 0 Å². The summed E-state index contributed by atoms with van der Waals surface area (Å²) >= 11 is 7.06. The van der Waals surface area contributed by atoms with Gasteiger partial charge in [0, 0.05) is 0 Å². The van der Waals surface area contributed by atoms with E-state index in [9.17, 15) is 0 Å². The molecule has 0 saturated carbocycles. The van der Waals surface area contributed by atoms with Crippen molar-refractivity contribution in [1.82, 2.24) is 4.57 Å². The van der Waals surface area contributed by atoms with Crippen LogP contribution in [0.2, 0.25) is 0 Å². The largest absolute Gasteiger partial charge is 0.384 e. The van der Waals surface area contributed by atoms with Crippen molar-refractivity contribution in [3.05, 3.63) is 69.7 Å². The van der Waals surface area contributed by atoms with Crippen LogP contribution in [0, 0.1) is 10.9 Å². The predicted octanol–water partition coefficient (Wildman–Crippen LogP) is 4.89. The molecule has 3 rings (SSSR count). The average molecular weight is 312 g/mol. The van der Waals surface area contributed by atoms with Gasteiger partial charge in [-0.15, -0.1) is 11.3 Å². The molecule has 2 aromatic carbocycles. The number of nitrogens with two attached hydrogens (primary N) is 1. The molecule has 0 bridgehead atoms. The third-order valence-corrected chi connectivity index (χ3v) is 4.94. The lowest BCUT2D eigenvalue weighted by Gasteiger charge is -2.07. The van der Waals surface area contributed by atoms with E-state index < -0.39 is 0 Å². The molecule has 0 unspecified atom stereocenters. The molecule has 1 aromatic heterocycles. The fraction of sp³-hybridized carbons (Fsp3) is 0.118. The third-order valence-electron chi connectivity index (χ3n) is 3.43. The number of anilines is 1. The highest BCUT2D eigenvalue weighted by molar-refractivity contribution is 7.73. The summed E-state index contributed by atoms with van der Waals surface area (Å²) in [6, 6.07) is 18.6. The van der Waals surface area contributed by atoms with E-state index in [-0.39, 0.29) is 0 Å². The van der Waals surface area contributed by atoms with E-state index in [2.05, 4.69) is 43.3 Å². The van der Waals surface area contributed by atoms with Crippen molar-refractivity contribution in [2.75, 3.05) is 5.73 Å². The number of rotatable bonds is 3. The van der Waals surface area contributed by atoms with Crippen LogP contribution in [0.3, 0.4) is 0 Å². The Bertz CT molecular complexity index is 799. The lowest BCUT2D eigenvalue weighted by molar-refractivity contribution is 0.812. The molecular weight excluding hydrogens is 296 g/mol. The van der Waals surface area contributed by atoms with Gasteiger partial charge in [-0.2, -0.15) is 0 Å². The van der Waals surface area contributed by atoms with Gasteiger partial charge in [0.1, 0.15) is 5.82 Å². The summed E-state index contributed by atoms with van der Waals surface area (Å²) in [4.78, 5) is 1.05. The second-order valence-electron chi connectivity index (χ2n) is 5.02. The van der Waals surface area contributed by atoms with Crippen molar-refractivity contribution in [2.24, 2.45) is 0 Å². The zero-order chi connectivity index (χ0) is 14.8. The van der Waals surface area contributed by atoms with Gasteiger partial charge in [0.05, 0.1) is 11.4 Å². The van der Waals surface area contributed by atoms with E-state index in [1.807, 2.05) is 22.8 Å². The molecule has 0 fully saturated rings. The number of thiazole rings is 1. The first-order valence-electron chi connectivity index (χ1n) is 6.75. The summed E-state index contributed by atoms with van der Waals surface area (Å²) in [5, 5.41) is 0. The smallest absolute Gasteiger partial charge is 0.163 e. The second kappa shape index (κ2) is 5.84. The Kier molecular flexibility index (Phi) is 3.90. The lowest BCUT2D eigenvalue weighted by Crippen LogP contribution is -2.04. The quantitative estimate of drug-likeness (QED) is 0.698. The minimum absolute atomic E-state index is 0.717. The number of hydrogen-bond acceptors (Lipinski definition) is 3. The first-order valence-corrected chi connectivity index (χ1v) is 7.97. The van der Waals surface area contributed by atoms with Crippen LogP contribution in [0.1, 0.15) is 11.1 Å². The van der Waals surface area contributed by atoms with Gasteiger partial charge in [-0.25, -0.2) is 0 Å². The highest BCUT2D eigenvalue weighted by Gasteiger charge is 2.11. The molecule has 0 amide bonds. The molecule has 1 heterocycles. The van der Waals surface area contributed by atoms with Gasteiger partial charge in [0.25, 0.3) is 0 Å². The normalized spacial score (nSPS) is 10.7. The van der Waals surface area contributed by atoms with Gasteiger partial charge in [0.2, 0.25) is 0 Å². The molecule has 0 spiro atoms. The maximum atomic E-state index is 6.32. The molecule has 0 aliphatic heterocycles. The summed E-state index contributed by atoms with van der Waals surface area (Å²) in [6.07, 6.45) is 0. The highest BCUT2D eigenvalue weighted by Crippen LogP contribution is 2.33. The van der Waals surface area contributed by atoms with E-state index in [1.54, 1.807) is 11.3 Å². The summed E-state index contributed by atoms with van der Waals surface area (Å²) in [5.74, 6) is 0.747. The molecule has 21 heavy (non-hydrogen) atoms. The molecule has 3 aromatic rings. The van der Waals surface area contributed by atoms with Crippen LogP contribution in [0.5, 0.6) is 0 Å². The molecular formula is C17H16N2S2. The van der Waals surface area contributed by atoms with Crippen LogP contribution in [-0.4, -0.2) is 4.57 Å². The third kappa shape index (κ3) is 2.91. The van der Waals surface area contributed by atoms with E-state index in [1.165, 1.54) is 11.1 Å². The average Bonchev–Trinajstić information content (AvgIpc) is 2.78. The van der Waals surface area contributed by atoms with Crippen LogP contribution in [0.25, 0.3) is 10.4 Å². The van der Waals surface area contributed by atoms with E-state index in [4.69, 9.17) is 18.0 Å². The number of aromatic nitrogens is 1. The molecule has 0 aliphatic rings. The van der Waals surface area contributed by atoms with E-state index in [0.29, 0.717) is 6.54 Å². The minimum Gasteiger partial charge on any atom is -0.384 e. The van der Waals surface area contributed by atoms with E-state index in [0.717, 1.165) is 20.2 Å². The van der Waals surface area contributed by atoms with E-state index >= 15 is 0 Å². The van der Waals surface area contributed by atoms with Crippen LogP contribution in [0.15, 0.2) is 54.6 Å². The van der Waals surface area contributed by atoms with Gasteiger partial charge in [-0.05, 0) is 30.3 Å².